The van der Waals surface area contributed by atoms with Crippen LogP contribution in [0.5, 0.6) is 0 Å². The molecule has 0 saturated carbocycles. The van der Waals surface area contributed by atoms with Crippen molar-refractivity contribution in [3.05, 3.63) is 101 Å². The Kier molecular flexibility index (Phi) is 5.51. The third kappa shape index (κ3) is 3.92. The maximum atomic E-state index is 6.01. The summed E-state index contributed by atoms with van der Waals surface area (Å²) >= 11 is 11.7. The van der Waals surface area contributed by atoms with Gasteiger partial charge in [-0.15, -0.1) is 0 Å². The number of furan rings is 1. The fraction of sp³-hybridized carbons (Fsp3) is 0.125. The number of halogens is 1. The van der Waals surface area contributed by atoms with Crippen molar-refractivity contribution in [3.8, 4) is 11.4 Å². The molecule has 32 heavy (non-hydrogen) atoms. The van der Waals surface area contributed by atoms with Crippen molar-refractivity contribution in [2.75, 3.05) is 0 Å². The molecule has 0 fully saturated rings. The molecule has 5 rings (SSSR count). The Morgan fingerprint density at radius 2 is 1.84 bits per heavy atom. The average Bonchev–Trinajstić information content (AvgIpc) is 3.50. The van der Waals surface area contributed by atoms with E-state index in [0.717, 1.165) is 28.2 Å². The summed E-state index contributed by atoms with van der Waals surface area (Å²) in [5, 5.41) is 8.91. The van der Waals surface area contributed by atoms with Gasteiger partial charge in [0.2, 0.25) is 5.82 Å². The van der Waals surface area contributed by atoms with E-state index < -0.39 is 0 Å². The van der Waals surface area contributed by atoms with Gasteiger partial charge in [0.25, 0.3) is 5.89 Å². The van der Waals surface area contributed by atoms with Crippen LogP contribution in [0.3, 0.4) is 0 Å². The molecule has 4 aromatic rings. The molecule has 1 N–H and O–H groups in total. The van der Waals surface area contributed by atoms with Crippen LogP contribution in [0.4, 0.5) is 0 Å². The smallest absolute Gasteiger partial charge is 0.258 e. The Morgan fingerprint density at radius 1 is 1.06 bits per heavy atom. The van der Waals surface area contributed by atoms with Gasteiger partial charge in [-0.2, -0.15) is 4.98 Å². The van der Waals surface area contributed by atoms with Crippen LogP contribution in [0, 0.1) is 0 Å². The molecule has 0 saturated heterocycles. The second kappa shape index (κ2) is 8.61. The third-order valence-electron chi connectivity index (χ3n) is 5.38. The summed E-state index contributed by atoms with van der Waals surface area (Å²) in [6.45, 7) is 2.50. The highest BCUT2D eigenvalue weighted by molar-refractivity contribution is 7.80. The van der Waals surface area contributed by atoms with Crippen LogP contribution >= 0.6 is 23.8 Å². The summed E-state index contributed by atoms with van der Waals surface area (Å²) in [6, 6.07) is 21.0. The van der Waals surface area contributed by atoms with Crippen molar-refractivity contribution in [1.82, 2.24) is 20.4 Å². The van der Waals surface area contributed by atoms with E-state index >= 15 is 0 Å². The molecule has 2 aromatic carbocycles. The van der Waals surface area contributed by atoms with E-state index in [4.69, 9.17) is 37.7 Å². The standard InChI is InChI=1S/C24H19ClN4O2S/c1-15-20(23-27-22(28-31-23)17-9-11-18(25)12-10-17)21(16-6-3-2-4-7-16)26-24(32)29(15)14-19-8-5-13-30-19/h2-13,21H,14H2,1H3,(H,26,32). The quantitative estimate of drug-likeness (QED) is 0.373. The second-order valence-corrected chi connectivity index (χ2v) is 8.21. The van der Waals surface area contributed by atoms with E-state index in [1.165, 1.54) is 0 Å². The molecule has 1 aliphatic heterocycles. The molecule has 1 aliphatic rings. The summed E-state index contributed by atoms with van der Waals surface area (Å²) in [6.07, 6.45) is 1.65. The van der Waals surface area contributed by atoms with Crippen LogP contribution < -0.4 is 5.32 Å². The van der Waals surface area contributed by atoms with Crippen molar-refractivity contribution in [3.63, 3.8) is 0 Å². The largest absolute Gasteiger partial charge is 0.467 e. The van der Waals surface area contributed by atoms with Gasteiger partial charge < -0.3 is 19.2 Å². The van der Waals surface area contributed by atoms with Crippen molar-refractivity contribution >= 4 is 34.5 Å². The zero-order chi connectivity index (χ0) is 22.1. The topological polar surface area (TPSA) is 67.3 Å². The Hall–Kier alpha value is -3.42. The van der Waals surface area contributed by atoms with Crippen molar-refractivity contribution in [2.24, 2.45) is 0 Å². The number of allylic oxidation sites excluding steroid dienone is 1. The monoisotopic (exact) mass is 462 g/mol. The van der Waals surface area contributed by atoms with Crippen LogP contribution in [-0.4, -0.2) is 20.2 Å². The molecule has 160 valence electrons. The lowest BCUT2D eigenvalue weighted by Crippen LogP contribution is -2.45. The SMILES string of the molecule is CC1=C(c2nc(-c3ccc(Cl)cc3)no2)C(c2ccccc2)NC(=S)N1Cc1ccco1. The number of aromatic nitrogens is 2. The van der Waals surface area contributed by atoms with Gasteiger partial charge in [-0.05, 0) is 61.1 Å². The van der Waals surface area contributed by atoms with Gasteiger partial charge in [0.05, 0.1) is 24.4 Å². The lowest BCUT2D eigenvalue weighted by atomic mass is 9.95. The van der Waals surface area contributed by atoms with Gasteiger partial charge >= 0.3 is 0 Å². The first kappa shape index (κ1) is 20.5. The Bertz CT molecular complexity index is 1270. The molecular weight excluding hydrogens is 444 g/mol. The predicted molar refractivity (Wildman–Crippen MR) is 127 cm³/mol. The Labute approximate surface area is 195 Å². The number of hydrogen-bond acceptors (Lipinski definition) is 5. The Morgan fingerprint density at radius 3 is 2.56 bits per heavy atom. The minimum atomic E-state index is -0.227. The maximum absolute atomic E-state index is 6.01. The molecule has 0 bridgehead atoms. The summed E-state index contributed by atoms with van der Waals surface area (Å²) in [4.78, 5) is 6.69. The van der Waals surface area contributed by atoms with E-state index in [1.807, 2.05) is 66.4 Å². The highest BCUT2D eigenvalue weighted by Gasteiger charge is 2.34. The first-order valence-corrected chi connectivity index (χ1v) is 10.8. The van der Waals surface area contributed by atoms with E-state index in [9.17, 15) is 0 Å². The fourth-order valence-electron chi connectivity index (χ4n) is 3.75. The summed E-state index contributed by atoms with van der Waals surface area (Å²) in [5.74, 6) is 1.73. The number of nitrogens with one attached hydrogen (secondary N) is 1. The van der Waals surface area contributed by atoms with Gasteiger partial charge in [0.15, 0.2) is 5.11 Å². The van der Waals surface area contributed by atoms with Crippen LogP contribution in [0.1, 0.15) is 30.2 Å². The minimum absolute atomic E-state index is 0.227. The maximum Gasteiger partial charge on any atom is 0.258 e. The number of nitrogens with zero attached hydrogens (tertiary/aromatic N) is 3. The van der Waals surface area contributed by atoms with E-state index in [0.29, 0.717) is 28.4 Å². The molecule has 8 heteroatoms. The molecular formula is C24H19ClN4O2S. The molecule has 2 aromatic heterocycles. The van der Waals surface area contributed by atoms with Gasteiger partial charge in [-0.3, -0.25) is 0 Å². The Balaban J connectivity index is 1.59. The molecule has 0 spiro atoms. The van der Waals surface area contributed by atoms with Gasteiger partial charge in [-0.1, -0.05) is 47.1 Å². The van der Waals surface area contributed by atoms with Gasteiger partial charge in [0.1, 0.15) is 5.76 Å². The number of benzene rings is 2. The van der Waals surface area contributed by atoms with Crippen LogP contribution in [-0.2, 0) is 6.54 Å². The second-order valence-electron chi connectivity index (χ2n) is 7.39. The first-order chi connectivity index (χ1) is 15.6. The lowest BCUT2D eigenvalue weighted by molar-refractivity contribution is 0.382. The zero-order valence-corrected chi connectivity index (χ0v) is 18.7. The van der Waals surface area contributed by atoms with Crippen molar-refractivity contribution < 1.29 is 8.94 Å². The van der Waals surface area contributed by atoms with Crippen LogP contribution in [0.25, 0.3) is 17.0 Å². The highest BCUT2D eigenvalue weighted by atomic mass is 35.5. The average molecular weight is 463 g/mol. The summed E-state index contributed by atoms with van der Waals surface area (Å²) in [7, 11) is 0. The number of rotatable bonds is 5. The minimum Gasteiger partial charge on any atom is -0.467 e. The van der Waals surface area contributed by atoms with E-state index in [2.05, 4.69) is 10.5 Å². The van der Waals surface area contributed by atoms with Crippen molar-refractivity contribution in [2.45, 2.75) is 19.5 Å². The van der Waals surface area contributed by atoms with E-state index in [1.54, 1.807) is 18.4 Å². The predicted octanol–water partition coefficient (Wildman–Crippen LogP) is 5.85. The molecule has 6 nitrogen and oxygen atoms in total. The molecule has 1 atom stereocenters. The zero-order valence-electron chi connectivity index (χ0n) is 17.2. The highest BCUT2D eigenvalue weighted by Crippen LogP contribution is 2.38. The molecule has 0 radical (unpaired) electrons. The number of hydrogen-bond donors (Lipinski definition) is 1. The number of thiocarbonyl (C=S) groups is 1. The summed E-state index contributed by atoms with van der Waals surface area (Å²) in [5.41, 5.74) is 3.66. The normalized spacial score (nSPS) is 16.4. The van der Waals surface area contributed by atoms with Gasteiger partial charge in [-0.25, -0.2) is 0 Å². The molecule has 0 aliphatic carbocycles. The van der Waals surface area contributed by atoms with Gasteiger partial charge in [0, 0.05) is 16.3 Å². The van der Waals surface area contributed by atoms with Crippen LogP contribution in [0.15, 0.2) is 87.6 Å². The fourth-order valence-corrected chi connectivity index (χ4v) is 4.20. The molecule has 3 heterocycles. The third-order valence-corrected chi connectivity index (χ3v) is 5.97. The lowest BCUT2D eigenvalue weighted by Gasteiger charge is -2.37. The summed E-state index contributed by atoms with van der Waals surface area (Å²) < 4.78 is 11.3. The molecule has 0 amide bonds. The van der Waals surface area contributed by atoms with Crippen LogP contribution in [0.2, 0.25) is 5.02 Å². The molecule has 1 unspecified atom stereocenters. The first-order valence-electron chi connectivity index (χ1n) is 10.1. The van der Waals surface area contributed by atoms with Crippen molar-refractivity contribution in [1.29, 1.82) is 0 Å². The van der Waals surface area contributed by atoms with E-state index in [-0.39, 0.29) is 6.04 Å².